The Labute approximate surface area is 158 Å². The predicted octanol–water partition coefficient (Wildman–Crippen LogP) is 1.68. The van der Waals surface area contributed by atoms with Gasteiger partial charge >= 0.3 is 0 Å². The van der Waals surface area contributed by atoms with Gasteiger partial charge in [0.15, 0.2) is 0 Å². The summed E-state index contributed by atoms with van der Waals surface area (Å²) in [6.07, 6.45) is 1.25. The van der Waals surface area contributed by atoms with Crippen LogP contribution >= 0.6 is 0 Å². The minimum Gasteiger partial charge on any atom is -0.496 e. The molecule has 2 aliphatic heterocycles. The lowest BCUT2D eigenvalue weighted by Crippen LogP contribution is -2.36. The first-order valence-electron chi connectivity index (χ1n) is 9.96. The van der Waals surface area contributed by atoms with Gasteiger partial charge in [-0.05, 0) is 56.9 Å². The average molecular weight is 362 g/mol. The van der Waals surface area contributed by atoms with E-state index in [1.165, 1.54) is 30.6 Å². The van der Waals surface area contributed by atoms with E-state index in [4.69, 9.17) is 4.74 Å². The Kier molecular flexibility index (Phi) is 6.92. The molecule has 0 spiro atoms. The van der Waals surface area contributed by atoms with Crippen LogP contribution in [0, 0.1) is 18.8 Å². The number of likely N-dealkylation sites (N-methyl/N-ethyl adjacent to an activating group) is 1. The van der Waals surface area contributed by atoms with Crippen LogP contribution in [0.3, 0.4) is 0 Å². The van der Waals surface area contributed by atoms with E-state index < -0.39 is 0 Å². The summed E-state index contributed by atoms with van der Waals surface area (Å²) < 4.78 is 5.57. The van der Waals surface area contributed by atoms with Gasteiger partial charge in [-0.2, -0.15) is 0 Å². The molecule has 1 aromatic carbocycles. The number of hydrogen-bond donors (Lipinski definition) is 1. The van der Waals surface area contributed by atoms with E-state index in [9.17, 15) is 5.11 Å². The van der Waals surface area contributed by atoms with Gasteiger partial charge in [0.1, 0.15) is 5.75 Å². The van der Waals surface area contributed by atoms with Gasteiger partial charge in [-0.1, -0.05) is 12.1 Å². The largest absolute Gasteiger partial charge is 0.496 e. The molecule has 0 aliphatic carbocycles. The molecular formula is C21H35N3O2. The molecule has 2 fully saturated rings. The Morgan fingerprint density at radius 2 is 1.88 bits per heavy atom. The van der Waals surface area contributed by atoms with E-state index in [1.54, 1.807) is 7.11 Å². The normalized spacial score (nSPS) is 26.2. The van der Waals surface area contributed by atoms with Gasteiger partial charge in [0, 0.05) is 51.4 Å². The highest BCUT2D eigenvalue weighted by atomic mass is 16.5. The third-order valence-electron chi connectivity index (χ3n) is 6.03. The van der Waals surface area contributed by atoms with E-state index in [0.717, 1.165) is 45.0 Å². The summed E-state index contributed by atoms with van der Waals surface area (Å²) in [5.41, 5.74) is 2.47. The number of nitrogens with zero attached hydrogens (tertiary/aromatic N) is 3. The summed E-state index contributed by atoms with van der Waals surface area (Å²) in [6.45, 7) is 11.1. The van der Waals surface area contributed by atoms with Gasteiger partial charge in [-0.25, -0.2) is 0 Å². The quantitative estimate of drug-likeness (QED) is 0.835. The fourth-order valence-corrected chi connectivity index (χ4v) is 4.42. The monoisotopic (exact) mass is 361 g/mol. The fourth-order valence-electron chi connectivity index (χ4n) is 4.42. The average Bonchev–Trinajstić information content (AvgIpc) is 2.89. The van der Waals surface area contributed by atoms with Crippen LogP contribution in [0.2, 0.25) is 0 Å². The van der Waals surface area contributed by atoms with Gasteiger partial charge in [0.2, 0.25) is 0 Å². The number of ether oxygens (including phenoxy) is 1. The summed E-state index contributed by atoms with van der Waals surface area (Å²) in [5, 5.41) is 9.91. The second kappa shape index (κ2) is 9.18. The van der Waals surface area contributed by atoms with Crippen LogP contribution in [-0.2, 0) is 6.54 Å². The van der Waals surface area contributed by atoms with Gasteiger partial charge < -0.3 is 19.6 Å². The maximum atomic E-state index is 9.91. The molecule has 2 aliphatic rings. The van der Waals surface area contributed by atoms with Crippen LogP contribution in [-0.4, -0.2) is 86.4 Å². The molecule has 0 bridgehead atoms. The second-order valence-electron chi connectivity index (χ2n) is 8.17. The van der Waals surface area contributed by atoms with Gasteiger partial charge in [-0.15, -0.1) is 0 Å². The van der Waals surface area contributed by atoms with Crippen molar-refractivity contribution in [3.63, 3.8) is 0 Å². The summed E-state index contributed by atoms with van der Waals surface area (Å²) in [5.74, 6) is 1.91. The zero-order valence-electron chi connectivity index (χ0n) is 16.7. The highest BCUT2D eigenvalue weighted by Gasteiger charge is 2.33. The van der Waals surface area contributed by atoms with Crippen LogP contribution < -0.4 is 4.74 Å². The Morgan fingerprint density at radius 3 is 2.65 bits per heavy atom. The van der Waals surface area contributed by atoms with Crippen molar-refractivity contribution in [2.24, 2.45) is 11.8 Å². The van der Waals surface area contributed by atoms with E-state index in [1.807, 2.05) is 0 Å². The van der Waals surface area contributed by atoms with Crippen molar-refractivity contribution in [2.75, 3.05) is 66.6 Å². The first-order chi connectivity index (χ1) is 12.6. The van der Waals surface area contributed by atoms with Crippen molar-refractivity contribution in [1.29, 1.82) is 0 Å². The molecule has 2 saturated heterocycles. The number of likely N-dealkylation sites (tertiary alicyclic amines) is 1. The number of rotatable bonds is 6. The molecule has 0 unspecified atom stereocenters. The van der Waals surface area contributed by atoms with E-state index in [0.29, 0.717) is 18.4 Å². The zero-order chi connectivity index (χ0) is 18.5. The Hall–Kier alpha value is -1.14. The molecule has 5 nitrogen and oxygen atoms in total. The molecule has 2 heterocycles. The third kappa shape index (κ3) is 4.97. The standard InChI is InChI=1S/C21H35N3O2/c1-17-5-6-18(21(11-17)26-3)12-24-14-19(20(15-24)16-25)13-23-8-4-7-22(2)9-10-23/h5-6,11,19-20,25H,4,7-10,12-16H2,1-3H3/t19-,20-/m1/s1. The number of aliphatic hydroxyl groups is 1. The second-order valence-corrected chi connectivity index (χ2v) is 8.17. The number of aliphatic hydroxyl groups excluding tert-OH is 1. The Balaban J connectivity index is 1.60. The maximum absolute atomic E-state index is 9.91. The van der Waals surface area contributed by atoms with Gasteiger partial charge in [0.25, 0.3) is 0 Å². The van der Waals surface area contributed by atoms with Gasteiger partial charge in [0.05, 0.1) is 7.11 Å². The number of hydrogen-bond acceptors (Lipinski definition) is 5. The molecule has 3 rings (SSSR count). The fraction of sp³-hybridized carbons (Fsp3) is 0.714. The Bertz CT molecular complexity index is 580. The summed E-state index contributed by atoms with van der Waals surface area (Å²) in [6, 6.07) is 6.45. The molecule has 0 amide bonds. The van der Waals surface area contributed by atoms with E-state index >= 15 is 0 Å². The molecule has 146 valence electrons. The minimum absolute atomic E-state index is 0.292. The molecule has 0 saturated carbocycles. The summed E-state index contributed by atoms with van der Waals surface area (Å²) in [7, 11) is 3.96. The molecule has 0 radical (unpaired) electrons. The van der Waals surface area contributed by atoms with Crippen LogP contribution in [0.5, 0.6) is 5.75 Å². The third-order valence-corrected chi connectivity index (χ3v) is 6.03. The Morgan fingerprint density at radius 1 is 1.08 bits per heavy atom. The highest BCUT2D eigenvalue weighted by molar-refractivity contribution is 5.37. The number of methoxy groups -OCH3 is 1. The van der Waals surface area contributed by atoms with E-state index in [2.05, 4.69) is 46.9 Å². The topological polar surface area (TPSA) is 39.2 Å². The lowest BCUT2D eigenvalue weighted by atomic mass is 9.96. The molecular weight excluding hydrogens is 326 g/mol. The number of benzene rings is 1. The van der Waals surface area contributed by atoms with Crippen LogP contribution in [0.4, 0.5) is 0 Å². The molecule has 1 N–H and O–H groups in total. The zero-order valence-corrected chi connectivity index (χ0v) is 16.7. The SMILES string of the molecule is COc1cc(C)ccc1CN1C[C@@H](CN2CCCN(C)CC2)[C@@H](CO)C1. The van der Waals surface area contributed by atoms with Crippen molar-refractivity contribution < 1.29 is 9.84 Å². The minimum atomic E-state index is 0.292. The van der Waals surface area contributed by atoms with Crippen molar-refractivity contribution in [3.8, 4) is 5.75 Å². The first-order valence-corrected chi connectivity index (χ1v) is 9.96. The lowest BCUT2D eigenvalue weighted by molar-refractivity contribution is 0.165. The molecule has 5 heteroatoms. The summed E-state index contributed by atoms with van der Waals surface area (Å²) >= 11 is 0. The molecule has 0 aromatic heterocycles. The van der Waals surface area contributed by atoms with Crippen molar-refractivity contribution in [3.05, 3.63) is 29.3 Å². The lowest BCUT2D eigenvalue weighted by Gasteiger charge is -2.26. The number of aryl methyl sites for hydroxylation is 1. The van der Waals surface area contributed by atoms with Crippen molar-refractivity contribution in [1.82, 2.24) is 14.7 Å². The smallest absolute Gasteiger partial charge is 0.123 e. The first kappa shape index (κ1) is 19.6. The predicted molar refractivity (Wildman–Crippen MR) is 106 cm³/mol. The van der Waals surface area contributed by atoms with Crippen LogP contribution in [0.25, 0.3) is 0 Å². The van der Waals surface area contributed by atoms with Crippen LogP contribution in [0.15, 0.2) is 18.2 Å². The maximum Gasteiger partial charge on any atom is 0.123 e. The molecule has 2 atom stereocenters. The van der Waals surface area contributed by atoms with Crippen molar-refractivity contribution in [2.45, 2.75) is 19.9 Å². The molecule has 26 heavy (non-hydrogen) atoms. The summed E-state index contributed by atoms with van der Waals surface area (Å²) in [4.78, 5) is 7.52. The van der Waals surface area contributed by atoms with Gasteiger partial charge in [-0.3, -0.25) is 4.90 Å². The highest BCUT2D eigenvalue weighted by Crippen LogP contribution is 2.28. The van der Waals surface area contributed by atoms with Crippen molar-refractivity contribution >= 4 is 0 Å². The van der Waals surface area contributed by atoms with E-state index in [-0.39, 0.29) is 0 Å². The molecule has 1 aromatic rings. The van der Waals surface area contributed by atoms with Crippen LogP contribution in [0.1, 0.15) is 17.5 Å².